The van der Waals surface area contributed by atoms with Gasteiger partial charge in [0.15, 0.2) is 0 Å². The molecule has 0 aromatic heterocycles. The van der Waals surface area contributed by atoms with Gasteiger partial charge < -0.3 is 0 Å². The first-order valence-electron chi connectivity index (χ1n) is 7.41. The molecule has 0 rings (SSSR count). The number of hydrogen-bond donors (Lipinski definition) is 0. The van der Waals surface area contributed by atoms with E-state index < -0.39 is 0 Å². The molecule has 0 bridgehead atoms. The van der Waals surface area contributed by atoms with E-state index >= 15 is 0 Å². The molecule has 0 heterocycles. The zero-order chi connectivity index (χ0) is 14.6. The minimum absolute atomic E-state index is 0.0340. The van der Waals surface area contributed by atoms with E-state index in [1.54, 1.807) is 0 Å². The first-order chi connectivity index (χ1) is 8.23. The average molecular weight is 274 g/mol. The Hall–Kier alpha value is 0.0969. The summed E-state index contributed by atoms with van der Waals surface area (Å²) in [5.41, 5.74) is 0. The molecule has 110 valence electrons. The molecule has 0 radical (unpaired) electrons. The van der Waals surface area contributed by atoms with Gasteiger partial charge in [0, 0.05) is 10.2 Å². The molecule has 0 aromatic carbocycles. The van der Waals surface area contributed by atoms with Gasteiger partial charge >= 0.3 is 0 Å². The topological polar surface area (TPSA) is 9.72 Å². The van der Waals surface area contributed by atoms with E-state index in [1.807, 2.05) is 0 Å². The van der Waals surface area contributed by atoms with Crippen LogP contribution in [0.1, 0.15) is 41.5 Å². The van der Waals surface area contributed by atoms with Crippen molar-refractivity contribution in [3.8, 4) is 0 Å². The minimum Gasteiger partial charge on any atom is -0.279 e. The quantitative estimate of drug-likeness (QED) is 0.490. The molecular formula is C14H35N3Si. The van der Waals surface area contributed by atoms with Crippen molar-refractivity contribution in [2.24, 2.45) is 0 Å². The molecular weight excluding hydrogens is 238 g/mol. The Kier molecular flexibility index (Phi) is 7.07. The van der Waals surface area contributed by atoms with Crippen molar-refractivity contribution in [3.63, 3.8) is 0 Å². The van der Waals surface area contributed by atoms with Gasteiger partial charge in [-0.15, -0.1) is 0 Å². The van der Waals surface area contributed by atoms with Gasteiger partial charge in [0.2, 0.25) is 0 Å². The van der Waals surface area contributed by atoms with Gasteiger partial charge in [-0.05, 0) is 45.3 Å². The molecule has 4 heteroatoms. The van der Waals surface area contributed by atoms with Gasteiger partial charge in [-0.25, -0.2) is 0 Å². The van der Waals surface area contributed by atoms with E-state index in [0.717, 1.165) is 26.2 Å². The van der Waals surface area contributed by atoms with Gasteiger partial charge in [0.05, 0.1) is 0 Å². The maximum absolute atomic E-state index is 2.62. The second kappa shape index (κ2) is 7.03. The van der Waals surface area contributed by atoms with Crippen molar-refractivity contribution in [1.82, 2.24) is 14.7 Å². The third-order valence-electron chi connectivity index (χ3n) is 4.04. The van der Waals surface area contributed by atoms with Crippen LogP contribution in [0.4, 0.5) is 0 Å². The van der Waals surface area contributed by atoms with Crippen LogP contribution in [0.25, 0.3) is 0 Å². The minimum atomic E-state index is 0.0340. The lowest BCUT2D eigenvalue weighted by Gasteiger charge is -2.60. The summed E-state index contributed by atoms with van der Waals surface area (Å²) in [6, 6.07) is 0. The summed E-state index contributed by atoms with van der Waals surface area (Å²) >= 11 is 0. The average Bonchev–Trinajstić information content (AvgIpc) is 2.27. The first-order valence-corrected chi connectivity index (χ1v) is 8.41. The van der Waals surface area contributed by atoms with E-state index in [2.05, 4.69) is 70.3 Å². The lowest BCUT2D eigenvalue weighted by atomic mass is 9.97. The van der Waals surface area contributed by atoms with E-state index in [1.165, 1.54) is 10.2 Å². The predicted octanol–water partition coefficient (Wildman–Crippen LogP) is 1.45. The second-order valence-electron chi connectivity index (χ2n) is 6.12. The summed E-state index contributed by atoms with van der Waals surface area (Å²) < 4.78 is 0. The normalized spacial score (nSPS) is 14.2. The van der Waals surface area contributed by atoms with Crippen LogP contribution in [0.5, 0.6) is 0 Å². The Morgan fingerprint density at radius 2 is 1.06 bits per heavy atom. The van der Waals surface area contributed by atoms with Crippen LogP contribution >= 0.6 is 0 Å². The Labute approximate surface area is 118 Å². The molecule has 0 aliphatic rings. The highest BCUT2D eigenvalue weighted by molar-refractivity contribution is 6.15. The largest absolute Gasteiger partial charge is 0.279 e. The smallest absolute Gasteiger partial charge is 0.132 e. The molecule has 0 aliphatic heterocycles. The summed E-state index contributed by atoms with van der Waals surface area (Å²) in [6.07, 6.45) is 0. The molecule has 0 fully saturated rings. The molecule has 0 saturated carbocycles. The van der Waals surface area contributed by atoms with E-state index in [-0.39, 0.29) is 5.79 Å². The van der Waals surface area contributed by atoms with Crippen LogP contribution < -0.4 is 0 Å². The third-order valence-corrected chi connectivity index (χ3v) is 4.71. The molecule has 0 N–H and O–H groups in total. The highest BCUT2D eigenvalue weighted by Crippen LogP contribution is 2.43. The number of rotatable bonds is 8. The molecule has 18 heavy (non-hydrogen) atoms. The maximum atomic E-state index is 2.62. The van der Waals surface area contributed by atoms with E-state index in [0.29, 0.717) is 5.04 Å². The molecule has 0 amide bonds. The van der Waals surface area contributed by atoms with Crippen molar-refractivity contribution < 1.29 is 0 Å². The Morgan fingerprint density at radius 3 is 1.17 bits per heavy atom. The Morgan fingerprint density at radius 1 is 0.778 bits per heavy atom. The van der Waals surface area contributed by atoms with E-state index in [9.17, 15) is 0 Å². The van der Waals surface area contributed by atoms with Gasteiger partial charge in [-0.2, -0.15) is 0 Å². The second-order valence-corrected chi connectivity index (χ2v) is 8.62. The van der Waals surface area contributed by atoms with Gasteiger partial charge in [0.1, 0.15) is 5.79 Å². The van der Waals surface area contributed by atoms with Gasteiger partial charge in [0.25, 0.3) is 0 Å². The van der Waals surface area contributed by atoms with Gasteiger partial charge in [-0.1, -0.05) is 41.5 Å². The molecule has 0 aromatic rings. The SMILES string of the molecule is CCN(CC)C(N(C)C)(N(CC)CC)C(C)(C)[SiH3]. The molecule has 3 nitrogen and oxygen atoms in total. The van der Waals surface area contributed by atoms with Crippen LogP contribution in [0.3, 0.4) is 0 Å². The summed E-state index contributed by atoms with van der Waals surface area (Å²) in [5.74, 6) is 0.0340. The highest BCUT2D eigenvalue weighted by atomic mass is 28.1. The third kappa shape index (κ3) is 2.98. The summed E-state index contributed by atoms with van der Waals surface area (Å²) in [7, 11) is 5.64. The molecule has 0 saturated heterocycles. The Balaban J connectivity index is 5.87. The molecule has 0 spiro atoms. The first kappa shape index (κ1) is 18.1. The van der Waals surface area contributed by atoms with E-state index in [4.69, 9.17) is 0 Å². The molecule has 0 atom stereocenters. The van der Waals surface area contributed by atoms with Crippen molar-refractivity contribution in [2.75, 3.05) is 40.3 Å². The number of hydrogen-bond acceptors (Lipinski definition) is 3. The standard InChI is InChI=1S/C14H35N3Si/c1-9-16(10-2)14(15(7)8,13(5,6)18)17(11-3)12-4/h9-12H2,1-8,18H3. The van der Waals surface area contributed by atoms with Crippen molar-refractivity contribution in [3.05, 3.63) is 0 Å². The maximum Gasteiger partial charge on any atom is 0.132 e. The highest BCUT2D eigenvalue weighted by Gasteiger charge is 2.51. The number of nitrogens with zero attached hydrogens (tertiary/aromatic N) is 3. The van der Waals surface area contributed by atoms with Crippen molar-refractivity contribution in [2.45, 2.75) is 52.4 Å². The van der Waals surface area contributed by atoms with Crippen molar-refractivity contribution >= 4 is 10.2 Å². The zero-order valence-electron chi connectivity index (χ0n) is 14.2. The fourth-order valence-electron chi connectivity index (χ4n) is 3.71. The lowest BCUT2D eigenvalue weighted by Crippen LogP contribution is -2.72. The zero-order valence-corrected chi connectivity index (χ0v) is 16.2. The molecule has 0 unspecified atom stereocenters. The lowest BCUT2D eigenvalue weighted by molar-refractivity contribution is -0.169. The summed E-state index contributed by atoms with van der Waals surface area (Å²) in [4.78, 5) is 7.67. The predicted molar refractivity (Wildman–Crippen MR) is 86.2 cm³/mol. The van der Waals surface area contributed by atoms with Gasteiger partial charge in [-0.3, -0.25) is 14.7 Å². The fraction of sp³-hybridized carbons (Fsp3) is 1.00. The Bertz CT molecular complexity index is 216. The summed E-state index contributed by atoms with van der Waals surface area (Å²) in [5, 5.41) is 0.300. The summed E-state index contributed by atoms with van der Waals surface area (Å²) in [6.45, 7) is 18.3. The van der Waals surface area contributed by atoms with Crippen LogP contribution in [0.2, 0.25) is 5.04 Å². The van der Waals surface area contributed by atoms with Crippen molar-refractivity contribution in [1.29, 1.82) is 0 Å². The monoisotopic (exact) mass is 273 g/mol. The van der Waals surface area contributed by atoms with Crippen LogP contribution in [0, 0.1) is 0 Å². The fourth-order valence-corrected chi connectivity index (χ4v) is 4.79. The van der Waals surface area contributed by atoms with Crippen LogP contribution in [-0.2, 0) is 0 Å². The molecule has 0 aliphatic carbocycles. The van der Waals surface area contributed by atoms with Crippen LogP contribution in [-0.4, -0.2) is 71.0 Å². The van der Waals surface area contributed by atoms with Crippen LogP contribution in [0.15, 0.2) is 0 Å².